The number of ether oxygens (including phenoxy) is 14. The molecule has 1 aromatic carbocycles. The SMILES string of the molecule is CC(=O)NC(Cc1c[nH]c2ccccc12)C(=O)NC[C@H]1O[C@@H]2O[C@H]3[C@H](O)[C@@H](O)[C@@H](O[C@H]4[C@H](O)[C@@H](O)[C@@H](O[C@H]5[C@H](O)[C@@H](O)[C@@H](O[C@H]6[C@H](O)[C@@H](O)[C@@H](O[C@H]7[C@H](O)[C@@H](O)[C@@H](O[C@H]8[C@H](O)[C@@H](O)[C@@H](O[C@H]1[C@H](O)[C@H]2O)O[C@@H]8CO)O[C@@H]7CO)O[C@@H]6CO)O[C@@H]5CO)O[C@@H]4CO)O[C@@H]3CO. The number of aromatic amines is 1. The number of carbonyl (C=O) groups excluding carboxylic acids is 2. The predicted octanol–water partition coefficient (Wildman–Crippen LogP) is -13.9. The number of aliphatic hydroxyl groups is 20. The summed E-state index contributed by atoms with van der Waals surface area (Å²) in [6.45, 7) is -6.11. The lowest BCUT2D eigenvalue weighted by molar-refractivity contribution is -0.396. The van der Waals surface area contributed by atoms with Crippen LogP contribution in [0.1, 0.15) is 12.5 Å². The van der Waals surface area contributed by atoms with Gasteiger partial charge in [-0.15, -0.1) is 0 Å². The van der Waals surface area contributed by atoms with Crippen molar-refractivity contribution in [3.63, 3.8) is 0 Å². The van der Waals surface area contributed by atoms with Crippen molar-refractivity contribution in [2.45, 2.75) is 234 Å². The summed E-state index contributed by atoms with van der Waals surface area (Å²) in [6, 6.07) is 5.76. The second-order valence-electron chi connectivity index (χ2n) is 24.0. The molecule has 14 bridgehead atoms. The quantitative estimate of drug-likeness (QED) is 0.0938. The molecule has 0 saturated carbocycles. The molecule has 2 amide bonds. The molecule has 21 saturated heterocycles. The molecule has 0 radical (unpaired) electrons. The summed E-state index contributed by atoms with van der Waals surface area (Å²) >= 11 is 0. The molecular formula is C55H83N3O36. The van der Waals surface area contributed by atoms with E-state index in [2.05, 4.69) is 15.6 Å². The molecule has 1 aromatic heterocycles. The molecule has 94 heavy (non-hydrogen) atoms. The number of rotatable bonds is 12. The maximum absolute atomic E-state index is 14.2. The van der Waals surface area contributed by atoms with E-state index in [9.17, 15) is 112 Å². The number of amides is 2. The molecule has 21 aliphatic heterocycles. The number of aliphatic hydroxyl groups excluding tert-OH is 20. The van der Waals surface area contributed by atoms with E-state index in [-0.39, 0.29) is 6.42 Å². The lowest BCUT2D eigenvalue weighted by Crippen LogP contribution is -2.68. The first-order chi connectivity index (χ1) is 44.9. The number of benzene rings is 1. The fourth-order valence-electron chi connectivity index (χ4n) is 12.7. The van der Waals surface area contributed by atoms with Crippen molar-refractivity contribution in [1.29, 1.82) is 0 Å². The lowest BCUT2D eigenvalue weighted by atomic mass is 9.95. The lowest BCUT2D eigenvalue weighted by Gasteiger charge is -2.50. The second-order valence-corrected chi connectivity index (χ2v) is 24.0. The largest absolute Gasteiger partial charge is 0.394 e. The first-order valence-corrected chi connectivity index (χ1v) is 30.3. The fourth-order valence-corrected chi connectivity index (χ4v) is 12.7. The molecule has 2 aromatic rings. The van der Waals surface area contributed by atoms with E-state index in [1.165, 1.54) is 0 Å². The molecule has 36 atom stereocenters. The van der Waals surface area contributed by atoms with Gasteiger partial charge in [-0.05, 0) is 11.6 Å². The number of H-pyrrole nitrogens is 1. The molecule has 22 heterocycles. The minimum atomic E-state index is -2.32. The Balaban J connectivity index is 0.950. The maximum atomic E-state index is 14.2. The average Bonchev–Trinajstić information content (AvgIpc) is 0.921. The van der Waals surface area contributed by atoms with Crippen LogP contribution in [-0.4, -0.2) is 386 Å². The van der Waals surface area contributed by atoms with Crippen LogP contribution < -0.4 is 10.6 Å². The van der Waals surface area contributed by atoms with Crippen LogP contribution >= 0.6 is 0 Å². The van der Waals surface area contributed by atoms with E-state index in [1.54, 1.807) is 30.5 Å². The molecule has 23 rings (SSSR count). The van der Waals surface area contributed by atoms with Crippen molar-refractivity contribution >= 4 is 22.7 Å². The van der Waals surface area contributed by atoms with Crippen LogP contribution in [0.15, 0.2) is 30.5 Å². The molecule has 0 aliphatic carbocycles. The van der Waals surface area contributed by atoms with Gasteiger partial charge in [0.25, 0.3) is 0 Å². The number of nitrogens with one attached hydrogen (secondary N) is 3. The zero-order chi connectivity index (χ0) is 67.9. The zero-order valence-electron chi connectivity index (χ0n) is 49.8. The van der Waals surface area contributed by atoms with Crippen molar-refractivity contribution in [3.8, 4) is 0 Å². The first-order valence-electron chi connectivity index (χ1n) is 30.3. The van der Waals surface area contributed by atoms with Gasteiger partial charge in [0.15, 0.2) is 44.0 Å². The van der Waals surface area contributed by atoms with Crippen LogP contribution in [0.4, 0.5) is 0 Å². The highest BCUT2D eigenvalue weighted by molar-refractivity contribution is 5.89. The minimum absolute atomic E-state index is 0.0965. The summed E-state index contributed by atoms with van der Waals surface area (Å²) < 4.78 is 81.5. The van der Waals surface area contributed by atoms with E-state index < -0.39 is 279 Å². The molecule has 23 N–H and O–H groups in total. The Morgan fingerprint density at radius 3 is 0.904 bits per heavy atom. The third-order valence-electron chi connectivity index (χ3n) is 17.9. The van der Waals surface area contributed by atoms with Crippen molar-refractivity contribution in [3.05, 3.63) is 36.0 Å². The van der Waals surface area contributed by atoms with Crippen molar-refractivity contribution in [1.82, 2.24) is 15.6 Å². The summed E-state index contributed by atoms with van der Waals surface area (Å²) in [4.78, 5) is 29.8. The molecule has 21 fully saturated rings. The van der Waals surface area contributed by atoms with Gasteiger partial charge in [0, 0.05) is 37.0 Å². The number of hydrogen-bond donors (Lipinski definition) is 23. The van der Waals surface area contributed by atoms with Crippen LogP contribution in [-0.2, 0) is 82.3 Å². The van der Waals surface area contributed by atoms with Crippen LogP contribution in [0.25, 0.3) is 10.9 Å². The normalized spacial score (nSPS) is 47.7. The first kappa shape index (κ1) is 73.1. The van der Waals surface area contributed by atoms with Crippen LogP contribution in [0.5, 0.6) is 0 Å². The highest BCUT2D eigenvalue weighted by Gasteiger charge is 2.60. The standard InChI is InChI=1S/C55H83N3O36/c1-15(65)58-19(6-16-7-56-18-5-3-2-4-17(16)18)48(80)57-8-20-41-27(66)34(73)49(81-20)89-42-21(9-59)83-51(36(75)29(42)68)91-44-23(11-61)85-53(38(77)31(44)70)93-46-25(13-63)87-55(40(79)33(46)72)94-47-26(14-64)86-54(39(78)32(47)71)92-45-24(12-62)84-52(37(76)30(45)69)90-43-22(10-60)82-50(88-41)35(74)28(43)67/h2-5,7,19-47,49-56,59-64,66-79H,6,8-14H2,1H3,(H,57,80)(H,58,65)/t19?,20-,21-,22-,23-,24-,25-,26-,27-,28-,29-,30-,31-,32-,33-,34-,35-,36-,37-,38-,39-,40-,41-,42-,43-,44-,45-,46-,47-,49-,50-,51-,52-,53-,54-,55-/m1/s1. The summed E-state index contributed by atoms with van der Waals surface area (Å²) in [5.74, 6) is -1.50. The third-order valence-corrected chi connectivity index (χ3v) is 17.9. The Morgan fingerprint density at radius 2 is 0.638 bits per heavy atom. The highest BCUT2D eigenvalue weighted by atomic mass is 16.8. The van der Waals surface area contributed by atoms with E-state index in [0.29, 0.717) is 16.5 Å². The molecule has 39 nitrogen and oxygen atoms in total. The average molecular weight is 1360 g/mol. The van der Waals surface area contributed by atoms with Gasteiger partial charge in [-0.25, -0.2) is 0 Å². The van der Waals surface area contributed by atoms with Crippen molar-refractivity contribution in [2.24, 2.45) is 0 Å². The van der Waals surface area contributed by atoms with Gasteiger partial charge in [-0.3, -0.25) is 9.59 Å². The number of carbonyl (C=O) groups is 2. The van der Waals surface area contributed by atoms with Crippen LogP contribution in [0.3, 0.4) is 0 Å². The van der Waals surface area contributed by atoms with E-state index >= 15 is 0 Å². The fraction of sp³-hybridized carbons (Fsp3) is 0.818. The van der Waals surface area contributed by atoms with Gasteiger partial charge < -0.3 is 184 Å². The monoisotopic (exact) mass is 1360 g/mol. The van der Waals surface area contributed by atoms with E-state index in [4.69, 9.17) is 66.3 Å². The summed E-state index contributed by atoms with van der Waals surface area (Å²) in [5, 5.41) is 231. The number of para-hydroxylation sites is 1. The van der Waals surface area contributed by atoms with Crippen LogP contribution in [0.2, 0.25) is 0 Å². The topological polar surface area (TPSA) is 608 Å². The number of hydrogen-bond acceptors (Lipinski definition) is 36. The van der Waals surface area contributed by atoms with Gasteiger partial charge >= 0.3 is 0 Å². The Kier molecular flexibility index (Phi) is 24.3. The molecule has 534 valence electrons. The molecule has 21 aliphatic rings. The highest BCUT2D eigenvalue weighted by Crippen LogP contribution is 2.39. The van der Waals surface area contributed by atoms with Gasteiger partial charge in [0.05, 0.1) is 39.6 Å². The second kappa shape index (κ2) is 31.3. The molecule has 1 unspecified atom stereocenters. The Labute approximate surface area is 531 Å². The summed E-state index contributed by atoms with van der Waals surface area (Å²) in [6.07, 6.45) is -70.9. The van der Waals surface area contributed by atoms with Crippen molar-refractivity contribution in [2.75, 3.05) is 46.2 Å². The predicted molar refractivity (Wildman–Crippen MR) is 294 cm³/mol. The molecular weight excluding hydrogens is 1280 g/mol. The van der Waals surface area contributed by atoms with Crippen molar-refractivity contribution < 1.29 is 178 Å². The van der Waals surface area contributed by atoms with E-state index in [0.717, 1.165) is 6.92 Å². The summed E-state index contributed by atoms with van der Waals surface area (Å²) in [7, 11) is 0. The molecule has 39 heteroatoms. The van der Waals surface area contributed by atoms with E-state index in [1.807, 2.05) is 0 Å². The zero-order valence-corrected chi connectivity index (χ0v) is 49.8. The molecule has 0 spiro atoms. The Hall–Kier alpha value is -3.66. The maximum Gasteiger partial charge on any atom is 0.243 e. The number of aromatic nitrogens is 1. The smallest absolute Gasteiger partial charge is 0.243 e. The van der Waals surface area contributed by atoms with Gasteiger partial charge in [-0.2, -0.15) is 0 Å². The Morgan fingerprint density at radius 1 is 0.383 bits per heavy atom. The van der Waals surface area contributed by atoms with Gasteiger partial charge in [-0.1, -0.05) is 18.2 Å². The summed E-state index contributed by atoms with van der Waals surface area (Å²) in [5.41, 5.74) is 1.30. The van der Waals surface area contributed by atoms with Gasteiger partial charge in [0.2, 0.25) is 11.8 Å². The number of fused-ring (bicyclic) bond motifs is 1. The Bertz CT molecular complexity index is 2750. The van der Waals surface area contributed by atoms with Crippen LogP contribution in [0, 0.1) is 0 Å². The third kappa shape index (κ3) is 14.8. The minimum Gasteiger partial charge on any atom is -0.394 e. The van der Waals surface area contributed by atoms with Gasteiger partial charge in [0.1, 0.15) is 177 Å².